The number of aryl methyl sites for hydroxylation is 1. The van der Waals surface area contributed by atoms with Gasteiger partial charge in [-0.1, -0.05) is 30.3 Å². The van der Waals surface area contributed by atoms with Crippen molar-refractivity contribution in [2.75, 3.05) is 40.0 Å². The Balaban J connectivity index is 1.05. The first-order chi connectivity index (χ1) is 21.9. The molecule has 0 spiro atoms. The SMILES string of the molecule is COc1ccc2cc(S(=O)(=O)N3CCn4cccc4C3CC(=O)NC3CCc4cc(CN5CCOCC5)ccc4C3)ccc2c1. The van der Waals surface area contributed by atoms with Crippen LogP contribution in [0.15, 0.2) is 77.8 Å². The van der Waals surface area contributed by atoms with Crippen LogP contribution in [-0.4, -0.2) is 74.1 Å². The molecule has 2 unspecified atom stereocenters. The molecule has 4 aromatic rings. The zero-order valence-electron chi connectivity index (χ0n) is 25.7. The molecule has 10 heteroatoms. The first kappa shape index (κ1) is 30.0. The summed E-state index contributed by atoms with van der Waals surface area (Å²) in [7, 11) is -2.26. The van der Waals surface area contributed by atoms with Crippen molar-refractivity contribution in [1.29, 1.82) is 0 Å². The summed E-state index contributed by atoms with van der Waals surface area (Å²) in [4.78, 5) is 16.2. The number of carbonyl (C=O) groups excluding carboxylic acids is 1. The predicted molar refractivity (Wildman–Crippen MR) is 173 cm³/mol. The maximum absolute atomic E-state index is 14.1. The summed E-state index contributed by atoms with van der Waals surface area (Å²) in [5.41, 5.74) is 4.81. The van der Waals surface area contributed by atoms with E-state index in [2.05, 4.69) is 33.0 Å². The first-order valence-electron chi connectivity index (χ1n) is 15.8. The molecule has 9 nitrogen and oxygen atoms in total. The number of benzene rings is 3. The minimum Gasteiger partial charge on any atom is -0.497 e. The molecule has 0 saturated carbocycles. The lowest BCUT2D eigenvalue weighted by Gasteiger charge is -2.36. The lowest BCUT2D eigenvalue weighted by atomic mass is 9.87. The van der Waals surface area contributed by atoms with E-state index < -0.39 is 16.1 Å². The number of fused-ring (bicyclic) bond motifs is 3. The second kappa shape index (κ2) is 12.6. The van der Waals surface area contributed by atoms with Crippen LogP contribution in [0.5, 0.6) is 5.75 Å². The number of morpholine rings is 1. The molecule has 1 aliphatic carbocycles. The van der Waals surface area contributed by atoms with Gasteiger partial charge in [-0.05, 0) is 83.1 Å². The summed E-state index contributed by atoms with van der Waals surface area (Å²) < 4.78 is 42.6. The molecule has 0 radical (unpaired) electrons. The lowest BCUT2D eigenvalue weighted by Crippen LogP contribution is -2.45. The number of aromatic nitrogens is 1. The third-order valence-electron chi connectivity index (χ3n) is 9.49. The van der Waals surface area contributed by atoms with Gasteiger partial charge in [-0.3, -0.25) is 9.69 Å². The number of hydrogen-bond acceptors (Lipinski definition) is 6. The highest BCUT2D eigenvalue weighted by atomic mass is 32.2. The summed E-state index contributed by atoms with van der Waals surface area (Å²) in [5, 5.41) is 4.97. The van der Waals surface area contributed by atoms with Gasteiger partial charge in [0.25, 0.3) is 0 Å². The van der Waals surface area contributed by atoms with Crippen LogP contribution in [0.2, 0.25) is 0 Å². The molecule has 2 atom stereocenters. The van der Waals surface area contributed by atoms with E-state index in [1.165, 1.54) is 21.0 Å². The number of carbonyl (C=O) groups is 1. The molecule has 1 fully saturated rings. The van der Waals surface area contributed by atoms with Crippen molar-refractivity contribution in [3.05, 3.63) is 95.3 Å². The maximum Gasteiger partial charge on any atom is 0.243 e. The van der Waals surface area contributed by atoms with Crippen LogP contribution >= 0.6 is 0 Å². The average molecular weight is 629 g/mol. The number of methoxy groups -OCH3 is 1. The van der Waals surface area contributed by atoms with Gasteiger partial charge in [0.1, 0.15) is 5.75 Å². The third-order valence-corrected chi connectivity index (χ3v) is 11.4. The quantitative estimate of drug-likeness (QED) is 0.313. The van der Waals surface area contributed by atoms with Crippen LogP contribution in [0.1, 0.15) is 41.3 Å². The maximum atomic E-state index is 14.1. The molecule has 2 aliphatic heterocycles. The monoisotopic (exact) mass is 628 g/mol. The van der Waals surface area contributed by atoms with E-state index in [0.29, 0.717) is 13.1 Å². The smallest absolute Gasteiger partial charge is 0.243 e. The van der Waals surface area contributed by atoms with Crippen LogP contribution in [0.4, 0.5) is 0 Å². The Kier molecular flexibility index (Phi) is 8.39. The van der Waals surface area contributed by atoms with Gasteiger partial charge < -0.3 is 19.4 Å². The van der Waals surface area contributed by atoms with E-state index in [0.717, 1.165) is 74.3 Å². The number of ether oxygens (including phenoxy) is 2. The Hall–Kier alpha value is -3.70. The summed E-state index contributed by atoms with van der Waals surface area (Å²) in [6.45, 7) is 5.29. The Morgan fingerprint density at radius 2 is 1.78 bits per heavy atom. The van der Waals surface area contributed by atoms with Crippen LogP contribution < -0.4 is 10.1 Å². The minimum atomic E-state index is -3.87. The molecule has 1 N–H and O–H groups in total. The van der Waals surface area contributed by atoms with E-state index >= 15 is 0 Å². The van der Waals surface area contributed by atoms with Crippen molar-refractivity contribution in [2.24, 2.45) is 0 Å². The van der Waals surface area contributed by atoms with E-state index in [9.17, 15) is 13.2 Å². The molecule has 236 valence electrons. The number of rotatable bonds is 8. The lowest BCUT2D eigenvalue weighted by molar-refractivity contribution is -0.123. The van der Waals surface area contributed by atoms with E-state index in [1.807, 2.05) is 42.6 Å². The van der Waals surface area contributed by atoms with Gasteiger partial charge in [0.2, 0.25) is 15.9 Å². The molecule has 1 saturated heterocycles. The van der Waals surface area contributed by atoms with E-state index in [1.54, 1.807) is 19.2 Å². The van der Waals surface area contributed by atoms with Gasteiger partial charge in [0, 0.05) is 57.1 Å². The first-order valence-corrected chi connectivity index (χ1v) is 17.3. The van der Waals surface area contributed by atoms with Crippen molar-refractivity contribution >= 4 is 26.7 Å². The number of nitrogens with one attached hydrogen (secondary N) is 1. The zero-order valence-corrected chi connectivity index (χ0v) is 26.5. The fourth-order valence-electron chi connectivity index (χ4n) is 7.07. The van der Waals surface area contributed by atoms with Crippen molar-refractivity contribution in [3.63, 3.8) is 0 Å². The standard InChI is InChI=1S/C35H40N4O5S/c1-43-31-10-7-29-22-32(11-8-28(29)21-31)45(41,42)39-14-13-38-12-2-3-33(38)34(39)23-35(40)36-30-9-6-26-19-25(4-5-27(26)20-30)24-37-15-17-44-18-16-37/h2-5,7-8,10-12,19,21-22,30,34H,6,9,13-18,20,23-24H2,1H3,(H,36,40). The Morgan fingerprint density at radius 1 is 0.956 bits per heavy atom. The van der Waals surface area contributed by atoms with Crippen LogP contribution in [0.25, 0.3) is 10.8 Å². The van der Waals surface area contributed by atoms with Gasteiger partial charge in [0.05, 0.1) is 31.3 Å². The topological polar surface area (TPSA) is 93.1 Å². The fourth-order valence-corrected chi connectivity index (χ4v) is 8.70. The molecule has 3 aromatic carbocycles. The summed E-state index contributed by atoms with van der Waals surface area (Å²) in [6, 6.07) is 20.8. The predicted octanol–water partition coefficient (Wildman–Crippen LogP) is 4.29. The molecular weight excluding hydrogens is 588 g/mol. The van der Waals surface area contributed by atoms with Gasteiger partial charge in [-0.2, -0.15) is 4.31 Å². The molecule has 3 aliphatic rings. The third kappa shape index (κ3) is 6.24. The van der Waals surface area contributed by atoms with Crippen molar-refractivity contribution in [2.45, 2.75) is 55.8 Å². The van der Waals surface area contributed by atoms with Gasteiger partial charge >= 0.3 is 0 Å². The Morgan fingerprint density at radius 3 is 2.62 bits per heavy atom. The highest BCUT2D eigenvalue weighted by molar-refractivity contribution is 7.89. The number of sulfonamides is 1. The van der Waals surface area contributed by atoms with Gasteiger partial charge in [-0.15, -0.1) is 0 Å². The Bertz CT molecular complexity index is 1810. The van der Waals surface area contributed by atoms with Crippen LogP contribution in [0.3, 0.4) is 0 Å². The second-order valence-electron chi connectivity index (χ2n) is 12.3. The summed E-state index contributed by atoms with van der Waals surface area (Å²) in [5.74, 6) is 0.591. The molecule has 45 heavy (non-hydrogen) atoms. The summed E-state index contributed by atoms with van der Waals surface area (Å²) >= 11 is 0. The molecule has 3 heterocycles. The number of nitrogens with zero attached hydrogens (tertiary/aromatic N) is 3. The highest BCUT2D eigenvalue weighted by Crippen LogP contribution is 2.35. The normalized spacial score (nSPS) is 20.8. The highest BCUT2D eigenvalue weighted by Gasteiger charge is 2.38. The molecule has 1 aromatic heterocycles. The number of hydrogen-bond donors (Lipinski definition) is 1. The Labute approximate surface area is 264 Å². The van der Waals surface area contributed by atoms with Crippen molar-refractivity contribution < 1.29 is 22.7 Å². The second-order valence-corrected chi connectivity index (χ2v) is 14.2. The largest absolute Gasteiger partial charge is 0.497 e. The minimum absolute atomic E-state index is 0.0213. The summed E-state index contributed by atoms with van der Waals surface area (Å²) in [6.07, 6.45) is 4.58. The molecule has 1 amide bonds. The molecule has 0 bridgehead atoms. The zero-order chi connectivity index (χ0) is 31.0. The van der Waals surface area contributed by atoms with Crippen molar-refractivity contribution in [1.82, 2.24) is 19.1 Å². The van der Waals surface area contributed by atoms with Crippen LogP contribution in [0, 0.1) is 0 Å². The molecule has 7 rings (SSSR count). The van der Waals surface area contributed by atoms with E-state index in [4.69, 9.17) is 9.47 Å². The average Bonchev–Trinajstić information content (AvgIpc) is 3.54. The fraction of sp³-hybridized carbons (Fsp3) is 0.400. The van der Waals surface area contributed by atoms with Gasteiger partial charge in [0.15, 0.2) is 0 Å². The number of amides is 1. The van der Waals surface area contributed by atoms with Crippen molar-refractivity contribution in [3.8, 4) is 5.75 Å². The van der Waals surface area contributed by atoms with Gasteiger partial charge in [-0.25, -0.2) is 8.42 Å². The molecular formula is C35H40N4O5S. The van der Waals surface area contributed by atoms with E-state index in [-0.39, 0.29) is 23.3 Å². The van der Waals surface area contributed by atoms with Crippen LogP contribution in [-0.2, 0) is 45.5 Å².